The van der Waals surface area contributed by atoms with Gasteiger partial charge in [0.05, 0.1) is 18.0 Å². The molecule has 140 valence electrons. The fraction of sp³-hybridized carbons (Fsp3) is 0.182. The van der Waals surface area contributed by atoms with Gasteiger partial charge in [-0.3, -0.25) is 9.59 Å². The summed E-state index contributed by atoms with van der Waals surface area (Å²) in [6, 6.07) is 21.2. The van der Waals surface area contributed by atoms with Crippen LogP contribution in [0.3, 0.4) is 0 Å². The van der Waals surface area contributed by atoms with Gasteiger partial charge in [-0.15, -0.1) is 5.10 Å². The van der Waals surface area contributed by atoms with Crippen LogP contribution in [0.2, 0.25) is 0 Å². The molecule has 0 fully saturated rings. The maximum atomic E-state index is 12.4. The van der Waals surface area contributed by atoms with Gasteiger partial charge in [0.15, 0.2) is 0 Å². The van der Waals surface area contributed by atoms with E-state index in [1.54, 1.807) is 18.2 Å². The number of carbonyl (C=O) groups is 1. The average molecular weight is 372 g/mol. The Labute approximate surface area is 161 Å². The van der Waals surface area contributed by atoms with Crippen molar-refractivity contribution in [2.75, 3.05) is 0 Å². The molecule has 0 radical (unpaired) electrons. The predicted molar refractivity (Wildman–Crippen MR) is 109 cm³/mol. The minimum absolute atomic E-state index is 0.128. The van der Waals surface area contributed by atoms with E-state index in [2.05, 4.69) is 39.9 Å². The Balaban J connectivity index is 1.42. The van der Waals surface area contributed by atoms with Gasteiger partial charge in [-0.2, -0.15) is 0 Å². The zero-order valence-electron chi connectivity index (χ0n) is 15.5. The monoisotopic (exact) mass is 372 g/mol. The lowest BCUT2D eigenvalue weighted by molar-refractivity contribution is -0.122. The first kappa shape index (κ1) is 17.9. The summed E-state index contributed by atoms with van der Waals surface area (Å²) in [5.74, 6) is -0.137. The topological polar surface area (TPSA) is 76.9 Å². The quantitative estimate of drug-likeness (QED) is 0.584. The largest absolute Gasteiger partial charge is 0.350 e. The predicted octanol–water partition coefficient (Wildman–Crippen LogP) is 3.21. The van der Waals surface area contributed by atoms with Gasteiger partial charge in [0.1, 0.15) is 5.52 Å². The molecule has 0 aliphatic heterocycles. The summed E-state index contributed by atoms with van der Waals surface area (Å²) in [5.41, 5.74) is 1.36. The Morgan fingerprint density at radius 3 is 2.64 bits per heavy atom. The van der Waals surface area contributed by atoms with Gasteiger partial charge >= 0.3 is 0 Å². The van der Waals surface area contributed by atoms with Crippen LogP contribution in [-0.2, 0) is 11.3 Å². The highest BCUT2D eigenvalue weighted by Crippen LogP contribution is 2.20. The third kappa shape index (κ3) is 3.62. The normalized spacial score (nSPS) is 12.2. The maximum Gasteiger partial charge on any atom is 0.277 e. The van der Waals surface area contributed by atoms with Gasteiger partial charge in [0, 0.05) is 6.42 Å². The number of fused-ring (bicyclic) bond motifs is 2. The number of aromatic nitrogens is 3. The number of nitrogens with one attached hydrogen (secondary N) is 1. The van der Waals surface area contributed by atoms with Crippen molar-refractivity contribution in [3.8, 4) is 0 Å². The van der Waals surface area contributed by atoms with E-state index in [-0.39, 0.29) is 30.5 Å². The molecule has 4 rings (SSSR count). The number of rotatable bonds is 5. The van der Waals surface area contributed by atoms with Gasteiger partial charge in [-0.25, -0.2) is 4.68 Å². The summed E-state index contributed by atoms with van der Waals surface area (Å²) in [5, 5.41) is 13.8. The molecule has 1 heterocycles. The highest BCUT2D eigenvalue weighted by molar-refractivity contribution is 5.83. The molecule has 0 saturated carbocycles. The molecule has 0 spiro atoms. The minimum atomic E-state index is -0.235. The van der Waals surface area contributed by atoms with Gasteiger partial charge in [0.2, 0.25) is 5.91 Å². The highest BCUT2D eigenvalue weighted by Gasteiger charge is 2.12. The molecule has 0 aliphatic rings. The fourth-order valence-corrected chi connectivity index (χ4v) is 3.25. The SMILES string of the molecule is CC(NC(=O)CCn1nnc2ccccc2c1=O)c1ccc2ccccc2c1. The number of hydrogen-bond acceptors (Lipinski definition) is 4. The third-order valence-corrected chi connectivity index (χ3v) is 4.83. The molecule has 1 amide bonds. The van der Waals surface area contributed by atoms with E-state index in [4.69, 9.17) is 0 Å². The molecule has 6 heteroatoms. The van der Waals surface area contributed by atoms with Crippen LogP contribution in [0.1, 0.15) is 24.9 Å². The Morgan fingerprint density at radius 1 is 1.04 bits per heavy atom. The number of nitrogens with zero attached hydrogens (tertiary/aromatic N) is 3. The van der Waals surface area contributed by atoms with E-state index in [1.807, 2.05) is 31.2 Å². The number of benzene rings is 3. The summed E-state index contributed by atoms with van der Waals surface area (Å²) >= 11 is 0. The van der Waals surface area contributed by atoms with E-state index in [0.29, 0.717) is 10.9 Å². The first-order chi connectivity index (χ1) is 13.6. The molecule has 6 nitrogen and oxygen atoms in total. The lowest BCUT2D eigenvalue weighted by Gasteiger charge is -2.15. The standard InChI is InChI=1S/C22H20N4O2/c1-15(17-11-10-16-6-2-3-7-18(16)14-17)23-21(27)12-13-26-22(28)19-8-4-5-9-20(19)24-25-26/h2-11,14-15H,12-13H2,1H3,(H,23,27). The number of amides is 1. The van der Waals surface area contributed by atoms with Crippen LogP contribution in [0.5, 0.6) is 0 Å². The van der Waals surface area contributed by atoms with Crippen molar-refractivity contribution >= 4 is 27.6 Å². The first-order valence-electron chi connectivity index (χ1n) is 9.22. The van der Waals surface area contributed by atoms with Gasteiger partial charge < -0.3 is 5.32 Å². The second-order valence-electron chi connectivity index (χ2n) is 6.78. The maximum absolute atomic E-state index is 12.4. The van der Waals surface area contributed by atoms with Crippen molar-refractivity contribution in [3.05, 3.63) is 82.6 Å². The molecular weight excluding hydrogens is 352 g/mol. The molecule has 0 aliphatic carbocycles. The molecule has 4 aromatic rings. The number of aryl methyl sites for hydroxylation is 1. The van der Waals surface area contributed by atoms with Crippen molar-refractivity contribution < 1.29 is 4.79 Å². The van der Waals surface area contributed by atoms with Crippen LogP contribution in [0.4, 0.5) is 0 Å². The summed E-state index contributed by atoms with van der Waals surface area (Å²) in [4.78, 5) is 24.8. The van der Waals surface area contributed by atoms with Crippen molar-refractivity contribution in [1.82, 2.24) is 20.3 Å². The molecular formula is C22H20N4O2. The molecule has 28 heavy (non-hydrogen) atoms. The summed E-state index contributed by atoms with van der Waals surface area (Å²) in [6.45, 7) is 2.14. The van der Waals surface area contributed by atoms with E-state index >= 15 is 0 Å². The van der Waals surface area contributed by atoms with Crippen LogP contribution in [0.15, 0.2) is 71.5 Å². The van der Waals surface area contributed by atoms with Crippen LogP contribution < -0.4 is 10.9 Å². The molecule has 0 bridgehead atoms. The number of carbonyl (C=O) groups excluding carboxylic acids is 1. The van der Waals surface area contributed by atoms with Crippen LogP contribution in [-0.4, -0.2) is 20.9 Å². The first-order valence-corrected chi connectivity index (χ1v) is 9.22. The van der Waals surface area contributed by atoms with Gasteiger partial charge in [0.25, 0.3) is 5.56 Å². The summed E-state index contributed by atoms with van der Waals surface area (Å²) in [7, 11) is 0. The molecule has 3 aromatic carbocycles. The second kappa shape index (κ2) is 7.60. The van der Waals surface area contributed by atoms with Crippen molar-refractivity contribution in [3.63, 3.8) is 0 Å². The Morgan fingerprint density at radius 2 is 1.79 bits per heavy atom. The Hall–Kier alpha value is -3.54. The van der Waals surface area contributed by atoms with Crippen molar-refractivity contribution in [1.29, 1.82) is 0 Å². The highest BCUT2D eigenvalue weighted by atomic mass is 16.2. The third-order valence-electron chi connectivity index (χ3n) is 4.83. The zero-order chi connectivity index (χ0) is 19.5. The molecule has 0 saturated heterocycles. The Bertz CT molecular complexity index is 1220. The van der Waals surface area contributed by atoms with Crippen LogP contribution in [0, 0.1) is 0 Å². The number of hydrogen-bond donors (Lipinski definition) is 1. The van der Waals surface area contributed by atoms with Crippen molar-refractivity contribution in [2.24, 2.45) is 0 Å². The molecule has 1 atom stereocenters. The molecule has 1 N–H and O–H groups in total. The van der Waals surface area contributed by atoms with E-state index in [1.165, 1.54) is 10.1 Å². The lowest BCUT2D eigenvalue weighted by atomic mass is 10.0. The van der Waals surface area contributed by atoms with Crippen LogP contribution in [0.25, 0.3) is 21.7 Å². The van der Waals surface area contributed by atoms with Gasteiger partial charge in [-0.05, 0) is 41.5 Å². The minimum Gasteiger partial charge on any atom is -0.350 e. The van der Waals surface area contributed by atoms with Crippen LogP contribution >= 0.6 is 0 Å². The lowest BCUT2D eigenvalue weighted by Crippen LogP contribution is -2.30. The summed E-state index contributed by atoms with van der Waals surface area (Å²) < 4.78 is 1.24. The zero-order valence-corrected chi connectivity index (χ0v) is 15.5. The molecule has 1 unspecified atom stereocenters. The average Bonchev–Trinajstić information content (AvgIpc) is 2.73. The molecule has 1 aromatic heterocycles. The second-order valence-corrected chi connectivity index (χ2v) is 6.78. The van der Waals surface area contributed by atoms with Gasteiger partial charge in [-0.1, -0.05) is 53.7 Å². The Kier molecular flexibility index (Phi) is 4.85. The fourth-order valence-electron chi connectivity index (χ4n) is 3.25. The van der Waals surface area contributed by atoms with Crippen molar-refractivity contribution in [2.45, 2.75) is 25.9 Å². The van der Waals surface area contributed by atoms with E-state index < -0.39 is 0 Å². The van der Waals surface area contributed by atoms with E-state index in [9.17, 15) is 9.59 Å². The summed E-state index contributed by atoms with van der Waals surface area (Å²) in [6.07, 6.45) is 0.158. The smallest absolute Gasteiger partial charge is 0.277 e. The van der Waals surface area contributed by atoms with E-state index in [0.717, 1.165) is 10.9 Å².